The minimum atomic E-state index is -0.0609. The molecule has 1 fully saturated rings. The smallest absolute Gasteiger partial charge is 0.246 e. The van der Waals surface area contributed by atoms with E-state index in [0.29, 0.717) is 31.5 Å². The Kier molecular flexibility index (Phi) is 5.13. The molecule has 0 saturated carbocycles. The molecule has 0 radical (unpaired) electrons. The van der Waals surface area contributed by atoms with E-state index in [1.54, 1.807) is 19.5 Å². The van der Waals surface area contributed by atoms with Gasteiger partial charge < -0.3 is 14.0 Å². The molecule has 1 unspecified atom stereocenters. The highest BCUT2D eigenvalue weighted by molar-refractivity contribution is 5.65. The van der Waals surface area contributed by atoms with E-state index < -0.39 is 0 Å². The molecule has 1 saturated heterocycles. The van der Waals surface area contributed by atoms with Crippen LogP contribution in [0, 0.1) is 6.92 Å². The van der Waals surface area contributed by atoms with Gasteiger partial charge in [-0.1, -0.05) is 11.2 Å². The molecule has 1 aliphatic heterocycles. The minimum absolute atomic E-state index is 0.0609. The number of ether oxygens (including phenoxy) is 2. The van der Waals surface area contributed by atoms with Crippen molar-refractivity contribution in [3.05, 3.63) is 60.0 Å². The first-order chi connectivity index (χ1) is 13.2. The predicted molar refractivity (Wildman–Crippen MR) is 99.2 cm³/mol. The van der Waals surface area contributed by atoms with Gasteiger partial charge in [-0.2, -0.15) is 4.98 Å². The lowest BCUT2D eigenvalue weighted by atomic mass is 10.0. The van der Waals surface area contributed by atoms with Gasteiger partial charge >= 0.3 is 0 Å². The van der Waals surface area contributed by atoms with Crippen molar-refractivity contribution in [3.63, 3.8) is 0 Å². The average Bonchev–Trinajstić information content (AvgIpc) is 3.15. The second-order valence-electron chi connectivity index (χ2n) is 6.50. The summed E-state index contributed by atoms with van der Waals surface area (Å²) >= 11 is 0. The summed E-state index contributed by atoms with van der Waals surface area (Å²) in [5, 5.41) is 3.92. The van der Waals surface area contributed by atoms with Crippen LogP contribution in [0.5, 0.6) is 5.75 Å². The van der Waals surface area contributed by atoms with E-state index in [4.69, 9.17) is 14.0 Å². The van der Waals surface area contributed by atoms with Crippen molar-refractivity contribution < 1.29 is 14.0 Å². The van der Waals surface area contributed by atoms with E-state index in [-0.39, 0.29) is 6.04 Å². The molecule has 0 amide bonds. The summed E-state index contributed by atoms with van der Waals surface area (Å²) in [7, 11) is 1.70. The van der Waals surface area contributed by atoms with Crippen molar-refractivity contribution in [1.82, 2.24) is 20.0 Å². The van der Waals surface area contributed by atoms with E-state index in [1.807, 2.05) is 25.1 Å². The van der Waals surface area contributed by atoms with Gasteiger partial charge in [-0.15, -0.1) is 0 Å². The number of aromatic nitrogens is 3. The monoisotopic (exact) mass is 366 g/mol. The molecule has 1 aliphatic rings. The van der Waals surface area contributed by atoms with Gasteiger partial charge in [0.25, 0.3) is 0 Å². The fourth-order valence-corrected chi connectivity index (χ4v) is 3.35. The molecule has 0 spiro atoms. The number of hydrogen-bond acceptors (Lipinski definition) is 7. The lowest BCUT2D eigenvalue weighted by Crippen LogP contribution is -2.39. The van der Waals surface area contributed by atoms with Crippen LogP contribution in [0.4, 0.5) is 0 Å². The normalized spacial score (nSPS) is 17.8. The van der Waals surface area contributed by atoms with E-state index in [0.717, 1.165) is 29.0 Å². The number of hydrogen-bond donors (Lipinski definition) is 0. The Hall–Kier alpha value is -2.77. The molecule has 7 heteroatoms. The van der Waals surface area contributed by atoms with Crippen LogP contribution in [0.3, 0.4) is 0 Å². The quantitative estimate of drug-likeness (QED) is 0.687. The standard InChI is InChI=1S/C20H22N4O3/c1-14-22-20(27-23-14)18-13-26-10-9-24(18)12-17-11-16(3-4-19(17)25-2)15-5-7-21-8-6-15/h3-8,11,18H,9-10,12-13H2,1-2H3. The fourth-order valence-electron chi connectivity index (χ4n) is 3.35. The van der Waals surface area contributed by atoms with Crippen molar-refractivity contribution >= 4 is 0 Å². The topological polar surface area (TPSA) is 73.5 Å². The zero-order valence-electron chi connectivity index (χ0n) is 15.5. The van der Waals surface area contributed by atoms with Crippen LogP contribution in [-0.4, -0.2) is 46.9 Å². The maximum atomic E-state index is 5.66. The SMILES string of the molecule is COc1ccc(-c2ccncc2)cc1CN1CCOCC1c1nc(C)no1. The van der Waals surface area contributed by atoms with Crippen LogP contribution < -0.4 is 4.74 Å². The largest absolute Gasteiger partial charge is 0.496 e. The predicted octanol–water partition coefficient (Wildman–Crippen LogP) is 3.02. The first-order valence-corrected chi connectivity index (χ1v) is 8.94. The van der Waals surface area contributed by atoms with Gasteiger partial charge in [0.05, 0.1) is 20.3 Å². The number of nitrogens with zero attached hydrogens (tertiary/aromatic N) is 4. The van der Waals surface area contributed by atoms with Crippen LogP contribution in [-0.2, 0) is 11.3 Å². The number of benzene rings is 1. The Morgan fingerprint density at radius 1 is 1.19 bits per heavy atom. The molecule has 0 bridgehead atoms. The van der Waals surface area contributed by atoms with E-state index >= 15 is 0 Å². The maximum absolute atomic E-state index is 5.66. The zero-order valence-corrected chi connectivity index (χ0v) is 15.5. The van der Waals surface area contributed by atoms with Gasteiger partial charge in [0.15, 0.2) is 5.82 Å². The van der Waals surface area contributed by atoms with Gasteiger partial charge in [0, 0.05) is 31.0 Å². The van der Waals surface area contributed by atoms with Crippen LogP contribution >= 0.6 is 0 Å². The molecule has 0 N–H and O–H groups in total. The number of aryl methyl sites for hydroxylation is 1. The van der Waals surface area contributed by atoms with E-state index in [2.05, 4.69) is 32.2 Å². The Labute approximate surface area is 157 Å². The summed E-state index contributed by atoms with van der Waals surface area (Å²) in [6, 6.07) is 10.2. The minimum Gasteiger partial charge on any atom is -0.496 e. The van der Waals surface area contributed by atoms with E-state index in [1.165, 1.54) is 0 Å². The summed E-state index contributed by atoms with van der Waals surface area (Å²) < 4.78 is 16.7. The van der Waals surface area contributed by atoms with Crippen LogP contribution in [0.25, 0.3) is 11.1 Å². The molecule has 27 heavy (non-hydrogen) atoms. The van der Waals surface area contributed by atoms with Gasteiger partial charge in [0.2, 0.25) is 5.89 Å². The van der Waals surface area contributed by atoms with Crippen molar-refractivity contribution in [2.45, 2.75) is 19.5 Å². The summed E-state index contributed by atoms with van der Waals surface area (Å²) in [5.74, 6) is 2.09. The van der Waals surface area contributed by atoms with E-state index in [9.17, 15) is 0 Å². The molecule has 3 aromatic rings. The molecule has 1 atom stereocenters. The van der Waals surface area contributed by atoms with Crippen molar-refractivity contribution in [3.8, 4) is 16.9 Å². The maximum Gasteiger partial charge on any atom is 0.246 e. The zero-order chi connectivity index (χ0) is 18.6. The molecule has 140 valence electrons. The van der Waals surface area contributed by atoms with Gasteiger partial charge in [0.1, 0.15) is 11.8 Å². The van der Waals surface area contributed by atoms with Crippen LogP contribution in [0.1, 0.15) is 23.3 Å². The fraction of sp³-hybridized carbons (Fsp3) is 0.350. The Morgan fingerprint density at radius 3 is 2.78 bits per heavy atom. The third kappa shape index (κ3) is 3.84. The molecule has 7 nitrogen and oxygen atoms in total. The highest BCUT2D eigenvalue weighted by atomic mass is 16.5. The summed E-state index contributed by atoms with van der Waals surface area (Å²) in [6.07, 6.45) is 3.60. The Bertz CT molecular complexity index is 897. The molecule has 2 aromatic heterocycles. The highest BCUT2D eigenvalue weighted by Gasteiger charge is 2.30. The summed E-state index contributed by atoms with van der Waals surface area (Å²) in [4.78, 5) is 10.8. The molecule has 1 aromatic carbocycles. The number of rotatable bonds is 5. The van der Waals surface area contributed by atoms with Crippen molar-refractivity contribution in [1.29, 1.82) is 0 Å². The molecule has 3 heterocycles. The Morgan fingerprint density at radius 2 is 2.04 bits per heavy atom. The van der Waals surface area contributed by atoms with Gasteiger partial charge in [-0.25, -0.2) is 0 Å². The molecular weight excluding hydrogens is 344 g/mol. The highest BCUT2D eigenvalue weighted by Crippen LogP contribution is 2.31. The molecule has 0 aliphatic carbocycles. The molecule has 4 rings (SSSR count). The van der Waals surface area contributed by atoms with Crippen LogP contribution in [0.2, 0.25) is 0 Å². The summed E-state index contributed by atoms with van der Waals surface area (Å²) in [6.45, 7) is 4.53. The third-order valence-corrected chi connectivity index (χ3v) is 4.74. The van der Waals surface area contributed by atoms with Crippen molar-refractivity contribution in [2.24, 2.45) is 0 Å². The number of pyridine rings is 1. The summed E-state index contributed by atoms with van der Waals surface area (Å²) in [5.41, 5.74) is 3.36. The average molecular weight is 366 g/mol. The third-order valence-electron chi connectivity index (χ3n) is 4.74. The number of methoxy groups -OCH3 is 1. The lowest BCUT2D eigenvalue weighted by Gasteiger charge is -2.33. The Balaban J connectivity index is 1.63. The first-order valence-electron chi connectivity index (χ1n) is 8.94. The second kappa shape index (κ2) is 7.85. The number of morpholine rings is 1. The lowest BCUT2D eigenvalue weighted by molar-refractivity contribution is -0.0243. The van der Waals surface area contributed by atoms with Gasteiger partial charge in [-0.3, -0.25) is 9.88 Å². The first kappa shape index (κ1) is 17.6. The van der Waals surface area contributed by atoms with Gasteiger partial charge in [-0.05, 0) is 42.3 Å². The second-order valence-corrected chi connectivity index (χ2v) is 6.50. The molecular formula is C20H22N4O3. The van der Waals surface area contributed by atoms with Crippen LogP contribution in [0.15, 0.2) is 47.2 Å². The van der Waals surface area contributed by atoms with Crippen molar-refractivity contribution in [2.75, 3.05) is 26.9 Å².